The Balaban J connectivity index is 1.95. The van der Waals surface area contributed by atoms with Crippen molar-refractivity contribution in [3.63, 3.8) is 0 Å². The number of hydrogen-bond donors (Lipinski definition) is 1. The van der Waals surface area contributed by atoms with Crippen molar-refractivity contribution >= 4 is 23.4 Å². The number of rotatable bonds is 4. The molecule has 0 spiro atoms. The second-order valence-electron chi connectivity index (χ2n) is 9.13. The van der Waals surface area contributed by atoms with Gasteiger partial charge in [-0.2, -0.15) is 0 Å². The number of amides is 3. The maximum Gasteiger partial charge on any atom is 0.259 e. The van der Waals surface area contributed by atoms with E-state index in [1.165, 1.54) is 14.0 Å². The van der Waals surface area contributed by atoms with Crippen molar-refractivity contribution < 1.29 is 28.6 Å². The number of benzene rings is 2. The summed E-state index contributed by atoms with van der Waals surface area (Å²) in [7, 11) is 4.81. The molecule has 0 bridgehead atoms. The number of ether oxygens (including phenoxy) is 3. The number of carbonyl (C=O) groups excluding carboxylic acids is 3. The molecule has 0 aliphatic carbocycles. The summed E-state index contributed by atoms with van der Waals surface area (Å²) in [5.74, 6) is 0.140. The highest BCUT2D eigenvalue weighted by Gasteiger charge is 2.29. The van der Waals surface area contributed by atoms with Crippen LogP contribution in [0.25, 0.3) is 0 Å². The molecule has 0 aromatic heterocycles. The minimum Gasteiger partial charge on any atom is -0.496 e. The Morgan fingerprint density at radius 2 is 1.81 bits per heavy atom. The minimum absolute atomic E-state index is 0.0121. The summed E-state index contributed by atoms with van der Waals surface area (Å²) in [4.78, 5) is 42.1. The Kier molecular flexibility index (Phi) is 8.93. The Morgan fingerprint density at radius 3 is 2.47 bits per heavy atom. The summed E-state index contributed by atoms with van der Waals surface area (Å²) < 4.78 is 17.0. The lowest BCUT2D eigenvalue weighted by molar-refractivity contribution is -0.133. The Bertz CT molecular complexity index is 1100. The van der Waals surface area contributed by atoms with Crippen LogP contribution in [0, 0.1) is 5.92 Å². The van der Waals surface area contributed by atoms with E-state index < -0.39 is 0 Å². The molecule has 0 saturated carbocycles. The highest BCUT2D eigenvalue weighted by Crippen LogP contribution is 2.27. The number of anilines is 1. The van der Waals surface area contributed by atoms with Crippen LogP contribution in [0.1, 0.15) is 41.5 Å². The maximum absolute atomic E-state index is 13.5. The van der Waals surface area contributed by atoms with Crippen molar-refractivity contribution in [2.45, 2.75) is 32.9 Å². The van der Waals surface area contributed by atoms with Crippen molar-refractivity contribution in [2.75, 3.05) is 46.3 Å². The zero-order valence-electron chi connectivity index (χ0n) is 21.7. The van der Waals surface area contributed by atoms with Crippen LogP contribution >= 0.6 is 0 Å². The summed E-state index contributed by atoms with van der Waals surface area (Å²) in [6, 6.07) is 11.6. The number of nitrogens with one attached hydrogen (secondary N) is 1. The second-order valence-corrected chi connectivity index (χ2v) is 9.13. The van der Waals surface area contributed by atoms with Crippen LogP contribution in [0.5, 0.6) is 11.5 Å². The van der Waals surface area contributed by atoms with Crippen molar-refractivity contribution in [1.82, 2.24) is 9.80 Å². The highest BCUT2D eigenvalue weighted by molar-refractivity contribution is 6.07. The quantitative estimate of drug-likeness (QED) is 0.696. The third-order valence-corrected chi connectivity index (χ3v) is 6.46. The van der Waals surface area contributed by atoms with Crippen LogP contribution in [0.2, 0.25) is 0 Å². The molecule has 1 aliphatic heterocycles. The number of methoxy groups -OCH3 is 2. The lowest BCUT2D eigenvalue weighted by atomic mass is 10.0. The third kappa shape index (κ3) is 6.15. The maximum atomic E-state index is 13.5. The van der Waals surface area contributed by atoms with Gasteiger partial charge in [0, 0.05) is 45.8 Å². The number of para-hydroxylation sites is 1. The number of nitrogens with zero attached hydrogens (tertiary/aromatic N) is 2. The fourth-order valence-corrected chi connectivity index (χ4v) is 4.32. The van der Waals surface area contributed by atoms with Crippen molar-refractivity contribution in [2.24, 2.45) is 5.92 Å². The molecule has 36 heavy (non-hydrogen) atoms. The van der Waals surface area contributed by atoms with E-state index in [0.29, 0.717) is 41.4 Å². The molecule has 3 rings (SSSR count). The van der Waals surface area contributed by atoms with Crippen molar-refractivity contribution in [1.29, 1.82) is 0 Å². The van der Waals surface area contributed by atoms with Gasteiger partial charge in [0.05, 0.1) is 30.4 Å². The Hall–Kier alpha value is -3.59. The zero-order chi connectivity index (χ0) is 26.4. The first kappa shape index (κ1) is 27.0. The average molecular weight is 498 g/mol. The molecule has 1 aliphatic rings. The van der Waals surface area contributed by atoms with Gasteiger partial charge in [0.15, 0.2) is 0 Å². The SMILES string of the molecule is COc1ccccc1C(=O)Nc1ccc2c(c1)C(=O)N(C)C[C@H](OC)[C@@H](C)CN(C(C)=O)[C@H](C)CO2. The van der Waals surface area contributed by atoms with Crippen molar-refractivity contribution in [3.05, 3.63) is 53.6 Å². The van der Waals surface area contributed by atoms with E-state index >= 15 is 0 Å². The predicted molar refractivity (Wildman–Crippen MR) is 137 cm³/mol. The van der Waals surface area contributed by atoms with Gasteiger partial charge in [-0.3, -0.25) is 14.4 Å². The summed E-state index contributed by atoms with van der Waals surface area (Å²) in [5, 5.41) is 2.84. The van der Waals surface area contributed by atoms with Gasteiger partial charge in [-0.15, -0.1) is 0 Å². The molecule has 0 unspecified atom stereocenters. The lowest BCUT2D eigenvalue weighted by Gasteiger charge is -2.35. The Morgan fingerprint density at radius 1 is 1.08 bits per heavy atom. The molecule has 1 heterocycles. The molecule has 0 radical (unpaired) electrons. The van der Waals surface area contributed by atoms with Crippen LogP contribution < -0.4 is 14.8 Å². The molecule has 3 amide bonds. The normalized spacial score (nSPS) is 20.9. The molecule has 0 saturated heterocycles. The first-order valence-electron chi connectivity index (χ1n) is 11.9. The summed E-state index contributed by atoms with van der Waals surface area (Å²) in [5.41, 5.74) is 1.12. The van der Waals surface area contributed by atoms with Gasteiger partial charge in [0.25, 0.3) is 11.8 Å². The van der Waals surface area contributed by atoms with Crippen LogP contribution in [0.3, 0.4) is 0 Å². The van der Waals surface area contributed by atoms with Crippen LogP contribution in [-0.2, 0) is 9.53 Å². The van der Waals surface area contributed by atoms with Crippen molar-refractivity contribution in [3.8, 4) is 11.5 Å². The van der Waals surface area contributed by atoms with Gasteiger partial charge in [0.2, 0.25) is 5.91 Å². The summed E-state index contributed by atoms with van der Waals surface area (Å²) in [6.07, 6.45) is -0.273. The fraction of sp³-hybridized carbons (Fsp3) is 0.444. The Labute approximate surface area is 212 Å². The first-order chi connectivity index (χ1) is 17.2. The van der Waals surface area contributed by atoms with Gasteiger partial charge < -0.3 is 29.3 Å². The number of carbonyl (C=O) groups is 3. The van der Waals surface area contributed by atoms with Gasteiger partial charge >= 0.3 is 0 Å². The molecule has 2 aromatic carbocycles. The molecule has 0 fully saturated rings. The molecule has 9 heteroatoms. The van der Waals surface area contributed by atoms with E-state index in [1.807, 2.05) is 13.8 Å². The van der Waals surface area contributed by atoms with E-state index in [-0.39, 0.29) is 42.4 Å². The topological polar surface area (TPSA) is 97.4 Å². The molecule has 1 N–H and O–H groups in total. The minimum atomic E-state index is -0.360. The molecule has 194 valence electrons. The lowest BCUT2D eigenvalue weighted by Crippen LogP contribution is -2.48. The third-order valence-electron chi connectivity index (χ3n) is 6.46. The molecular formula is C27H35N3O6. The predicted octanol–water partition coefficient (Wildman–Crippen LogP) is 3.30. The van der Waals surface area contributed by atoms with Gasteiger partial charge in [-0.1, -0.05) is 19.1 Å². The van der Waals surface area contributed by atoms with E-state index in [9.17, 15) is 14.4 Å². The standard InChI is InChI=1S/C27H35N3O6/c1-17-14-30(19(3)31)18(2)16-36-24-12-11-20(13-22(24)27(33)29(4)15-25(17)35-6)28-26(32)21-9-7-8-10-23(21)34-5/h7-13,17-18,25H,14-16H2,1-6H3,(H,28,32)/t17-,18+,25-/m0/s1. The van der Waals surface area contributed by atoms with Gasteiger partial charge in [-0.25, -0.2) is 0 Å². The number of fused-ring (bicyclic) bond motifs is 1. The zero-order valence-corrected chi connectivity index (χ0v) is 21.7. The first-order valence-corrected chi connectivity index (χ1v) is 11.9. The van der Waals surface area contributed by atoms with Gasteiger partial charge in [-0.05, 0) is 37.3 Å². The van der Waals surface area contributed by atoms with Crippen LogP contribution in [0.4, 0.5) is 5.69 Å². The summed E-state index contributed by atoms with van der Waals surface area (Å²) in [6.45, 7) is 6.48. The number of likely N-dealkylation sites (N-methyl/N-ethyl adjacent to an activating group) is 1. The average Bonchev–Trinajstić information content (AvgIpc) is 2.87. The summed E-state index contributed by atoms with van der Waals surface area (Å²) >= 11 is 0. The highest BCUT2D eigenvalue weighted by atomic mass is 16.5. The van der Waals surface area contributed by atoms with Crippen LogP contribution in [-0.4, -0.2) is 80.6 Å². The molecular weight excluding hydrogens is 462 g/mol. The fourth-order valence-electron chi connectivity index (χ4n) is 4.32. The smallest absolute Gasteiger partial charge is 0.259 e. The molecule has 9 nitrogen and oxygen atoms in total. The van der Waals surface area contributed by atoms with Crippen LogP contribution in [0.15, 0.2) is 42.5 Å². The van der Waals surface area contributed by atoms with E-state index in [2.05, 4.69) is 5.32 Å². The van der Waals surface area contributed by atoms with Gasteiger partial charge in [0.1, 0.15) is 18.1 Å². The molecule has 2 aromatic rings. The molecule has 3 atom stereocenters. The number of hydrogen-bond acceptors (Lipinski definition) is 6. The largest absolute Gasteiger partial charge is 0.496 e. The van der Waals surface area contributed by atoms with E-state index in [0.717, 1.165) is 0 Å². The monoisotopic (exact) mass is 497 g/mol. The van der Waals surface area contributed by atoms with E-state index in [1.54, 1.807) is 66.4 Å². The second kappa shape index (κ2) is 11.9. The van der Waals surface area contributed by atoms with E-state index in [4.69, 9.17) is 14.2 Å².